The number of anilines is 1. The van der Waals surface area contributed by atoms with Gasteiger partial charge in [0.1, 0.15) is 18.4 Å². The minimum atomic E-state index is -4.21. The lowest BCUT2D eigenvalue weighted by Gasteiger charge is -2.33. The van der Waals surface area contributed by atoms with Gasteiger partial charge >= 0.3 is 10.2 Å². The summed E-state index contributed by atoms with van der Waals surface area (Å²) in [5, 5.41) is 2.78. The molecule has 34 heavy (non-hydrogen) atoms. The lowest BCUT2D eigenvalue weighted by Crippen LogP contribution is -2.53. The number of hydrogen-bond acceptors (Lipinski definition) is 4. The molecule has 8 nitrogen and oxygen atoms in total. The van der Waals surface area contributed by atoms with Crippen molar-refractivity contribution in [2.75, 3.05) is 24.9 Å². The molecule has 2 aromatic rings. The Hall–Kier alpha value is -2.98. The number of para-hydroxylation sites is 1. The van der Waals surface area contributed by atoms with Crippen molar-refractivity contribution in [1.29, 1.82) is 0 Å². The zero-order chi connectivity index (χ0) is 25.6. The Kier molecular flexibility index (Phi) is 9.17. The molecule has 0 saturated heterocycles. The number of carbonyl (C=O) groups is 2. The molecule has 0 heterocycles. The van der Waals surface area contributed by atoms with Crippen molar-refractivity contribution < 1.29 is 22.4 Å². The number of halogens is 1. The second-order valence-corrected chi connectivity index (χ2v) is 10.7. The summed E-state index contributed by atoms with van der Waals surface area (Å²) in [6, 6.07) is 11.8. The molecule has 2 rings (SSSR count). The van der Waals surface area contributed by atoms with Crippen LogP contribution in [-0.2, 0) is 26.3 Å². The predicted octanol–water partition coefficient (Wildman–Crippen LogP) is 2.69. The Balaban J connectivity index is 2.46. The molecule has 0 aliphatic rings. The number of nitrogens with one attached hydrogen (secondary N) is 1. The molecule has 1 unspecified atom stereocenters. The molecule has 0 radical (unpaired) electrons. The number of aryl methyl sites for hydroxylation is 1. The van der Waals surface area contributed by atoms with E-state index in [-0.39, 0.29) is 24.2 Å². The van der Waals surface area contributed by atoms with Gasteiger partial charge in [-0.05, 0) is 45.4 Å². The molecule has 2 amide bonds. The summed E-state index contributed by atoms with van der Waals surface area (Å²) in [6.45, 7) is 6.54. The quantitative estimate of drug-likeness (QED) is 0.552. The van der Waals surface area contributed by atoms with Crippen LogP contribution in [0.3, 0.4) is 0 Å². The van der Waals surface area contributed by atoms with Crippen LogP contribution in [0.5, 0.6) is 0 Å². The first-order valence-corrected chi connectivity index (χ1v) is 12.3. The molecule has 0 spiro atoms. The first kappa shape index (κ1) is 27.3. The highest BCUT2D eigenvalue weighted by molar-refractivity contribution is 7.90. The van der Waals surface area contributed by atoms with E-state index in [0.717, 1.165) is 25.8 Å². The number of carbonyl (C=O) groups excluding carboxylic acids is 2. The monoisotopic (exact) mass is 492 g/mol. The highest BCUT2D eigenvalue weighted by atomic mass is 32.2. The second-order valence-electron chi connectivity index (χ2n) is 8.59. The van der Waals surface area contributed by atoms with Crippen molar-refractivity contribution in [3.63, 3.8) is 0 Å². The van der Waals surface area contributed by atoms with Crippen LogP contribution in [0.15, 0.2) is 48.5 Å². The van der Waals surface area contributed by atoms with Crippen molar-refractivity contribution in [3.8, 4) is 0 Å². The van der Waals surface area contributed by atoms with Crippen molar-refractivity contribution in [1.82, 2.24) is 14.5 Å². The first-order chi connectivity index (χ1) is 15.8. The second kappa shape index (κ2) is 11.4. The molecule has 0 aromatic heterocycles. The van der Waals surface area contributed by atoms with Gasteiger partial charge in [0, 0.05) is 26.7 Å². The third-order valence-electron chi connectivity index (χ3n) is 5.21. The van der Waals surface area contributed by atoms with E-state index in [9.17, 15) is 22.4 Å². The Bertz CT molecular complexity index is 1100. The van der Waals surface area contributed by atoms with Gasteiger partial charge in [0.15, 0.2) is 0 Å². The van der Waals surface area contributed by atoms with E-state index >= 15 is 0 Å². The summed E-state index contributed by atoms with van der Waals surface area (Å²) in [7, 11) is -1.60. The van der Waals surface area contributed by atoms with Gasteiger partial charge in [-0.1, -0.05) is 42.0 Å². The Morgan fingerprint density at radius 1 is 1.00 bits per heavy atom. The van der Waals surface area contributed by atoms with Gasteiger partial charge in [-0.2, -0.15) is 12.7 Å². The summed E-state index contributed by atoms with van der Waals surface area (Å²) >= 11 is 0. The van der Waals surface area contributed by atoms with Crippen molar-refractivity contribution in [2.45, 2.75) is 46.3 Å². The van der Waals surface area contributed by atoms with E-state index < -0.39 is 34.5 Å². The maximum Gasteiger partial charge on any atom is 0.304 e. The summed E-state index contributed by atoms with van der Waals surface area (Å²) in [6.07, 6.45) is 0. The van der Waals surface area contributed by atoms with E-state index in [0.29, 0.717) is 0 Å². The fraction of sp³-hybridized carbons (Fsp3) is 0.417. The molecule has 2 aromatic carbocycles. The number of hydrogen-bond donors (Lipinski definition) is 1. The zero-order valence-corrected chi connectivity index (χ0v) is 21.3. The van der Waals surface area contributed by atoms with Crippen molar-refractivity contribution in [3.05, 3.63) is 65.5 Å². The van der Waals surface area contributed by atoms with Gasteiger partial charge < -0.3 is 10.2 Å². The SMILES string of the molecule is Cc1ccc(CN(C(=O)CN(c2ccccc2F)S(=O)(=O)N(C)C)C(C)C(=O)NC(C)C)cc1. The smallest absolute Gasteiger partial charge is 0.304 e. The molecular formula is C24H33FN4O4S. The lowest BCUT2D eigenvalue weighted by molar-refractivity contribution is -0.139. The van der Waals surface area contributed by atoms with E-state index in [2.05, 4.69) is 5.32 Å². The Labute approximate surface area is 201 Å². The summed E-state index contributed by atoms with van der Waals surface area (Å²) in [5.41, 5.74) is 1.56. The van der Waals surface area contributed by atoms with Crippen LogP contribution in [0.25, 0.3) is 0 Å². The van der Waals surface area contributed by atoms with Gasteiger partial charge in [-0.3, -0.25) is 9.59 Å². The standard InChI is InChI=1S/C24H33FN4O4S/c1-17(2)26-24(31)19(4)28(15-20-13-11-18(3)12-14-20)23(30)16-29(34(32,33)27(5)6)22-10-8-7-9-21(22)25/h7-14,17,19H,15-16H2,1-6H3,(H,26,31). The molecule has 1 N–H and O–H groups in total. The summed E-state index contributed by atoms with van der Waals surface area (Å²) < 4.78 is 42.3. The maximum atomic E-state index is 14.6. The van der Waals surface area contributed by atoms with Crippen LogP contribution >= 0.6 is 0 Å². The minimum Gasteiger partial charge on any atom is -0.352 e. The van der Waals surface area contributed by atoms with E-state index in [1.165, 1.54) is 37.2 Å². The molecule has 10 heteroatoms. The number of rotatable bonds is 10. The molecule has 0 fully saturated rings. The van der Waals surface area contributed by atoms with Crippen LogP contribution in [0, 0.1) is 12.7 Å². The molecule has 0 aliphatic heterocycles. The normalized spacial score (nSPS) is 12.5. The molecule has 186 valence electrons. The molecule has 0 bridgehead atoms. The largest absolute Gasteiger partial charge is 0.352 e. The van der Waals surface area contributed by atoms with Gasteiger partial charge in [0.25, 0.3) is 0 Å². The van der Waals surface area contributed by atoms with Gasteiger partial charge in [-0.15, -0.1) is 0 Å². The van der Waals surface area contributed by atoms with Crippen molar-refractivity contribution >= 4 is 27.7 Å². The van der Waals surface area contributed by atoms with E-state index in [1.54, 1.807) is 20.8 Å². The van der Waals surface area contributed by atoms with Crippen LogP contribution in [0.2, 0.25) is 0 Å². The topological polar surface area (TPSA) is 90.0 Å². The minimum absolute atomic E-state index is 0.0823. The highest BCUT2D eigenvalue weighted by Gasteiger charge is 2.33. The van der Waals surface area contributed by atoms with Crippen LogP contribution in [0.4, 0.5) is 10.1 Å². The molecular weight excluding hydrogens is 459 g/mol. The molecule has 1 atom stereocenters. The fourth-order valence-electron chi connectivity index (χ4n) is 3.23. The summed E-state index contributed by atoms with van der Waals surface area (Å²) in [4.78, 5) is 27.6. The van der Waals surface area contributed by atoms with Crippen LogP contribution in [0.1, 0.15) is 31.9 Å². The van der Waals surface area contributed by atoms with Crippen molar-refractivity contribution in [2.24, 2.45) is 0 Å². The van der Waals surface area contributed by atoms with Crippen LogP contribution in [-0.4, -0.2) is 62.2 Å². The third-order valence-corrected chi connectivity index (χ3v) is 7.02. The number of amides is 2. The Morgan fingerprint density at radius 3 is 2.12 bits per heavy atom. The first-order valence-electron chi connectivity index (χ1n) is 10.9. The summed E-state index contributed by atoms with van der Waals surface area (Å²) in [5.74, 6) is -1.79. The number of nitrogens with zero attached hydrogens (tertiary/aromatic N) is 3. The number of benzene rings is 2. The average Bonchev–Trinajstić information content (AvgIpc) is 2.76. The fourth-order valence-corrected chi connectivity index (χ4v) is 4.30. The zero-order valence-electron chi connectivity index (χ0n) is 20.4. The van der Waals surface area contributed by atoms with Gasteiger partial charge in [0.2, 0.25) is 11.8 Å². The predicted molar refractivity (Wildman–Crippen MR) is 131 cm³/mol. The van der Waals surface area contributed by atoms with Gasteiger partial charge in [-0.25, -0.2) is 8.70 Å². The van der Waals surface area contributed by atoms with Crippen LogP contribution < -0.4 is 9.62 Å². The average molecular weight is 493 g/mol. The maximum absolute atomic E-state index is 14.6. The molecule has 0 aliphatic carbocycles. The highest BCUT2D eigenvalue weighted by Crippen LogP contribution is 2.24. The van der Waals surface area contributed by atoms with E-state index in [1.807, 2.05) is 31.2 Å². The van der Waals surface area contributed by atoms with Gasteiger partial charge in [0.05, 0.1) is 5.69 Å². The Morgan fingerprint density at radius 2 is 1.59 bits per heavy atom. The van der Waals surface area contributed by atoms with E-state index in [4.69, 9.17) is 0 Å². The third kappa shape index (κ3) is 6.77. The lowest BCUT2D eigenvalue weighted by atomic mass is 10.1. The molecule has 0 saturated carbocycles.